The first-order valence-electron chi connectivity index (χ1n) is 5.20. The quantitative estimate of drug-likeness (QED) is 0.841. The molecule has 0 atom stereocenters. The predicted molar refractivity (Wildman–Crippen MR) is 67.3 cm³/mol. The highest BCUT2D eigenvalue weighted by Gasteiger charge is 2.34. The third-order valence-corrected chi connectivity index (χ3v) is 2.83. The Labute approximate surface area is 115 Å². The number of aromatic hydroxyl groups is 1. The number of phenolic OH excluding ortho intramolecular Hbond substituents is 1. The monoisotopic (exact) mass is 332 g/mol. The molecule has 0 aliphatic carbocycles. The Bertz CT molecular complexity index is 597. The van der Waals surface area contributed by atoms with Gasteiger partial charge in [0.05, 0.1) is 5.56 Å². The first kappa shape index (κ1) is 13.7. The maximum absolute atomic E-state index is 12.9. The van der Waals surface area contributed by atoms with E-state index in [2.05, 4.69) is 15.9 Å². The van der Waals surface area contributed by atoms with Gasteiger partial charge in [0, 0.05) is 4.47 Å². The fraction of sp³-hybridized carbons (Fsp3) is 0.0769. The summed E-state index contributed by atoms with van der Waals surface area (Å²) in [4.78, 5) is 0. The van der Waals surface area contributed by atoms with E-state index < -0.39 is 11.7 Å². The number of ether oxygens (including phenoxy) is 1. The van der Waals surface area contributed by atoms with Gasteiger partial charge in [0.15, 0.2) is 11.5 Å². The lowest BCUT2D eigenvalue weighted by atomic mass is 10.2. The van der Waals surface area contributed by atoms with E-state index in [1.807, 2.05) is 0 Å². The molecule has 0 aliphatic heterocycles. The van der Waals surface area contributed by atoms with E-state index in [0.717, 1.165) is 6.07 Å². The normalized spacial score (nSPS) is 11.4. The van der Waals surface area contributed by atoms with Crippen molar-refractivity contribution >= 4 is 15.9 Å². The van der Waals surface area contributed by atoms with Crippen molar-refractivity contribution in [1.29, 1.82) is 0 Å². The molecule has 2 nitrogen and oxygen atoms in total. The lowest BCUT2D eigenvalue weighted by Gasteiger charge is -2.14. The second kappa shape index (κ2) is 5.13. The summed E-state index contributed by atoms with van der Waals surface area (Å²) in [7, 11) is 0. The van der Waals surface area contributed by atoms with Crippen LogP contribution in [0.15, 0.2) is 46.9 Å². The molecule has 0 heterocycles. The Morgan fingerprint density at radius 1 is 1.00 bits per heavy atom. The average molecular weight is 333 g/mol. The molecule has 2 aromatic rings. The van der Waals surface area contributed by atoms with E-state index in [1.165, 1.54) is 24.3 Å². The Morgan fingerprint density at radius 3 is 2.32 bits per heavy atom. The van der Waals surface area contributed by atoms with Crippen LogP contribution in [0.25, 0.3) is 0 Å². The summed E-state index contributed by atoms with van der Waals surface area (Å²) in [6, 6.07) is 9.38. The summed E-state index contributed by atoms with van der Waals surface area (Å²) < 4.78 is 44.0. The number of benzene rings is 2. The lowest BCUT2D eigenvalue weighted by molar-refractivity contribution is -0.138. The minimum absolute atomic E-state index is 0.0321. The second-order valence-corrected chi connectivity index (χ2v) is 4.62. The fourth-order valence-electron chi connectivity index (χ4n) is 1.47. The standard InChI is InChI=1S/C13H8BrF3O2/c14-8-5-6-11(9(7-8)13(15,16)17)19-12-4-2-1-3-10(12)18/h1-7,18H. The van der Waals surface area contributed by atoms with E-state index in [0.29, 0.717) is 4.47 Å². The first-order chi connectivity index (χ1) is 8.88. The van der Waals surface area contributed by atoms with Crippen molar-refractivity contribution in [2.75, 3.05) is 0 Å². The maximum Gasteiger partial charge on any atom is 0.420 e. The van der Waals surface area contributed by atoms with Crippen LogP contribution >= 0.6 is 15.9 Å². The zero-order valence-electron chi connectivity index (χ0n) is 9.41. The molecule has 1 N–H and O–H groups in total. The molecule has 0 spiro atoms. The molecule has 0 aromatic heterocycles. The zero-order chi connectivity index (χ0) is 14.0. The average Bonchev–Trinajstić information content (AvgIpc) is 2.33. The van der Waals surface area contributed by atoms with Gasteiger partial charge in [-0.3, -0.25) is 0 Å². The smallest absolute Gasteiger partial charge is 0.420 e. The second-order valence-electron chi connectivity index (χ2n) is 3.71. The number of hydrogen-bond acceptors (Lipinski definition) is 2. The van der Waals surface area contributed by atoms with Crippen LogP contribution in [0.1, 0.15) is 5.56 Å². The molecule has 2 aromatic carbocycles. The molecule has 0 saturated heterocycles. The van der Waals surface area contributed by atoms with Crippen LogP contribution in [0.5, 0.6) is 17.2 Å². The van der Waals surface area contributed by atoms with Gasteiger partial charge in [-0.05, 0) is 30.3 Å². The number of halogens is 4. The van der Waals surface area contributed by atoms with Crippen LogP contribution in [0.4, 0.5) is 13.2 Å². The molecular formula is C13H8BrF3O2. The summed E-state index contributed by atoms with van der Waals surface area (Å²) in [6.07, 6.45) is -4.54. The summed E-state index contributed by atoms with van der Waals surface area (Å²) in [6.45, 7) is 0. The van der Waals surface area contributed by atoms with E-state index in [1.54, 1.807) is 12.1 Å². The van der Waals surface area contributed by atoms with Crippen molar-refractivity contribution in [3.8, 4) is 17.2 Å². The van der Waals surface area contributed by atoms with Crippen molar-refractivity contribution in [1.82, 2.24) is 0 Å². The summed E-state index contributed by atoms with van der Waals surface area (Å²) in [5, 5.41) is 9.50. The van der Waals surface area contributed by atoms with Crippen LogP contribution in [0, 0.1) is 0 Å². The van der Waals surface area contributed by atoms with Crippen molar-refractivity contribution in [2.45, 2.75) is 6.18 Å². The first-order valence-corrected chi connectivity index (χ1v) is 6.00. The molecule has 0 amide bonds. The SMILES string of the molecule is Oc1ccccc1Oc1ccc(Br)cc1C(F)(F)F. The molecule has 0 aliphatic rings. The minimum atomic E-state index is -4.54. The molecule has 2 rings (SSSR count). The highest BCUT2D eigenvalue weighted by atomic mass is 79.9. The van der Waals surface area contributed by atoms with Gasteiger partial charge in [-0.1, -0.05) is 28.1 Å². The van der Waals surface area contributed by atoms with Gasteiger partial charge >= 0.3 is 6.18 Å². The number of hydrogen-bond donors (Lipinski definition) is 1. The van der Waals surface area contributed by atoms with Gasteiger partial charge in [0.1, 0.15) is 5.75 Å². The van der Waals surface area contributed by atoms with E-state index in [-0.39, 0.29) is 17.2 Å². The summed E-state index contributed by atoms with van der Waals surface area (Å²) in [5.41, 5.74) is -0.912. The summed E-state index contributed by atoms with van der Waals surface area (Å²) in [5.74, 6) is -0.619. The molecule has 0 fully saturated rings. The molecule has 0 radical (unpaired) electrons. The third-order valence-electron chi connectivity index (χ3n) is 2.33. The highest BCUT2D eigenvalue weighted by molar-refractivity contribution is 9.10. The zero-order valence-corrected chi connectivity index (χ0v) is 11.0. The van der Waals surface area contributed by atoms with Gasteiger partial charge in [-0.15, -0.1) is 0 Å². The molecule has 0 bridgehead atoms. The number of phenols is 1. The third kappa shape index (κ3) is 3.20. The fourth-order valence-corrected chi connectivity index (χ4v) is 1.84. The predicted octanol–water partition coefficient (Wildman–Crippen LogP) is 4.97. The minimum Gasteiger partial charge on any atom is -0.504 e. The van der Waals surface area contributed by atoms with Crippen molar-refractivity contribution in [2.24, 2.45) is 0 Å². The topological polar surface area (TPSA) is 29.5 Å². The molecule has 19 heavy (non-hydrogen) atoms. The van der Waals surface area contributed by atoms with Gasteiger partial charge < -0.3 is 9.84 Å². The number of para-hydroxylation sites is 2. The molecule has 0 saturated carbocycles. The lowest BCUT2D eigenvalue weighted by Crippen LogP contribution is -2.07. The van der Waals surface area contributed by atoms with Crippen LogP contribution in [0.3, 0.4) is 0 Å². The van der Waals surface area contributed by atoms with Gasteiger partial charge in [-0.2, -0.15) is 13.2 Å². The Kier molecular flexibility index (Phi) is 3.71. The van der Waals surface area contributed by atoms with Gasteiger partial charge in [-0.25, -0.2) is 0 Å². The number of alkyl halides is 3. The van der Waals surface area contributed by atoms with E-state index in [9.17, 15) is 18.3 Å². The van der Waals surface area contributed by atoms with Crippen LogP contribution < -0.4 is 4.74 Å². The Hall–Kier alpha value is -1.69. The number of rotatable bonds is 2. The molecule has 6 heteroatoms. The van der Waals surface area contributed by atoms with Crippen molar-refractivity contribution < 1.29 is 23.0 Å². The molecule has 0 unspecified atom stereocenters. The Balaban J connectivity index is 2.44. The van der Waals surface area contributed by atoms with E-state index >= 15 is 0 Å². The largest absolute Gasteiger partial charge is 0.504 e. The van der Waals surface area contributed by atoms with Crippen LogP contribution in [-0.4, -0.2) is 5.11 Å². The molecular weight excluding hydrogens is 325 g/mol. The van der Waals surface area contributed by atoms with Gasteiger partial charge in [0.25, 0.3) is 0 Å². The van der Waals surface area contributed by atoms with Crippen LogP contribution in [-0.2, 0) is 6.18 Å². The van der Waals surface area contributed by atoms with E-state index in [4.69, 9.17) is 4.74 Å². The Morgan fingerprint density at radius 2 is 1.68 bits per heavy atom. The molecule has 100 valence electrons. The summed E-state index contributed by atoms with van der Waals surface area (Å²) >= 11 is 2.98. The van der Waals surface area contributed by atoms with Crippen molar-refractivity contribution in [3.05, 3.63) is 52.5 Å². The maximum atomic E-state index is 12.9. The highest BCUT2D eigenvalue weighted by Crippen LogP contribution is 2.41. The van der Waals surface area contributed by atoms with Crippen LogP contribution in [0.2, 0.25) is 0 Å². The van der Waals surface area contributed by atoms with Gasteiger partial charge in [0.2, 0.25) is 0 Å². The van der Waals surface area contributed by atoms with Crippen molar-refractivity contribution in [3.63, 3.8) is 0 Å².